The minimum absolute atomic E-state index is 0.253. The third kappa shape index (κ3) is 4.19. The Bertz CT molecular complexity index is 315. The second-order valence-corrected chi connectivity index (χ2v) is 6.64. The van der Waals surface area contributed by atoms with E-state index in [1.54, 1.807) is 0 Å². The molecule has 4 nitrogen and oxygen atoms in total. The quantitative estimate of drug-likeness (QED) is 0.637. The lowest BCUT2D eigenvalue weighted by molar-refractivity contribution is -0.123. The molecule has 1 atom stereocenters. The molecule has 0 aliphatic carbocycles. The first-order chi connectivity index (χ1) is 9.41. The molecule has 0 aromatic carbocycles. The Morgan fingerprint density at radius 2 is 2.00 bits per heavy atom. The number of unbranched alkanes of at least 4 members (excludes halogenated alkanes) is 1. The first-order valence-corrected chi connectivity index (χ1v) is 8.12. The van der Waals surface area contributed by atoms with Gasteiger partial charge in [-0.05, 0) is 71.0 Å². The molecule has 4 heteroatoms. The van der Waals surface area contributed by atoms with Crippen molar-refractivity contribution < 1.29 is 4.79 Å². The number of primary amides is 1. The summed E-state index contributed by atoms with van der Waals surface area (Å²) in [6.45, 7) is 10.2. The van der Waals surface area contributed by atoms with Crippen molar-refractivity contribution in [1.82, 2.24) is 10.2 Å². The number of nitrogens with one attached hydrogen (secondary N) is 1. The molecule has 1 fully saturated rings. The predicted molar refractivity (Wildman–Crippen MR) is 84.6 cm³/mol. The molecule has 0 bridgehead atoms. The Labute approximate surface area is 124 Å². The number of hydrogen-bond acceptors (Lipinski definition) is 3. The summed E-state index contributed by atoms with van der Waals surface area (Å²) < 4.78 is 0. The van der Waals surface area contributed by atoms with Crippen LogP contribution in [0.4, 0.5) is 0 Å². The summed E-state index contributed by atoms with van der Waals surface area (Å²) in [5.74, 6) is -0.253. The zero-order chi connectivity index (χ0) is 15.2. The Kier molecular flexibility index (Phi) is 6.46. The number of nitrogens with zero attached hydrogens (tertiary/aromatic N) is 1. The van der Waals surface area contributed by atoms with Crippen molar-refractivity contribution in [1.29, 1.82) is 0 Å². The normalized spacial score (nSPS) is 21.8. The molecule has 1 aliphatic rings. The van der Waals surface area contributed by atoms with Gasteiger partial charge < -0.3 is 16.0 Å². The molecule has 3 N–H and O–H groups in total. The number of carbonyl (C=O) groups excluding carboxylic acids is 1. The number of rotatable bonds is 9. The summed E-state index contributed by atoms with van der Waals surface area (Å²) in [5, 5.41) is 3.05. The summed E-state index contributed by atoms with van der Waals surface area (Å²) in [5.41, 5.74) is 5.45. The molecule has 1 rings (SSSR count). The van der Waals surface area contributed by atoms with Crippen molar-refractivity contribution in [2.45, 2.75) is 64.8 Å². The standard InChI is InChI=1S/C16H33N3O/c1-5-16(6-2)10-12-19(13-16)11-8-7-9-15(3,18-4)14(17)20/h18H,5-13H2,1-4H3,(H2,17,20). The molecular formula is C16H33N3O. The molecule has 1 amide bonds. The lowest BCUT2D eigenvalue weighted by atomic mass is 9.82. The largest absolute Gasteiger partial charge is 0.368 e. The van der Waals surface area contributed by atoms with Crippen LogP contribution >= 0.6 is 0 Å². The Hall–Kier alpha value is -0.610. The van der Waals surface area contributed by atoms with Crippen molar-refractivity contribution in [3.8, 4) is 0 Å². The highest BCUT2D eigenvalue weighted by Gasteiger charge is 2.34. The van der Waals surface area contributed by atoms with Gasteiger partial charge in [0, 0.05) is 6.54 Å². The molecule has 1 unspecified atom stereocenters. The molecule has 0 radical (unpaired) electrons. The van der Waals surface area contributed by atoms with E-state index in [0.717, 1.165) is 25.8 Å². The van der Waals surface area contributed by atoms with Crippen LogP contribution in [-0.2, 0) is 4.79 Å². The van der Waals surface area contributed by atoms with Crippen LogP contribution in [0.1, 0.15) is 59.3 Å². The third-order valence-electron chi connectivity index (χ3n) is 5.51. The third-order valence-corrected chi connectivity index (χ3v) is 5.51. The van der Waals surface area contributed by atoms with Gasteiger partial charge in [-0.2, -0.15) is 0 Å². The van der Waals surface area contributed by atoms with Crippen molar-refractivity contribution in [2.24, 2.45) is 11.1 Å². The fraction of sp³-hybridized carbons (Fsp3) is 0.938. The monoisotopic (exact) mass is 283 g/mol. The summed E-state index contributed by atoms with van der Waals surface area (Å²) in [4.78, 5) is 14.0. The zero-order valence-corrected chi connectivity index (χ0v) is 13.8. The molecule has 20 heavy (non-hydrogen) atoms. The van der Waals surface area contributed by atoms with Gasteiger partial charge in [0.15, 0.2) is 0 Å². The van der Waals surface area contributed by atoms with Crippen molar-refractivity contribution >= 4 is 5.91 Å². The van der Waals surface area contributed by atoms with Crippen LogP contribution in [0.25, 0.3) is 0 Å². The van der Waals surface area contributed by atoms with Crippen molar-refractivity contribution in [3.63, 3.8) is 0 Å². The lowest BCUT2D eigenvalue weighted by Crippen LogP contribution is -2.51. The van der Waals surface area contributed by atoms with E-state index in [9.17, 15) is 4.79 Å². The summed E-state index contributed by atoms with van der Waals surface area (Å²) >= 11 is 0. The minimum atomic E-state index is -0.554. The number of carbonyl (C=O) groups is 1. The molecule has 0 aromatic rings. The zero-order valence-electron chi connectivity index (χ0n) is 13.8. The second kappa shape index (κ2) is 7.41. The van der Waals surface area contributed by atoms with Crippen molar-refractivity contribution in [2.75, 3.05) is 26.7 Å². The molecule has 118 valence electrons. The Balaban J connectivity index is 2.28. The summed E-state index contributed by atoms with van der Waals surface area (Å²) in [7, 11) is 1.81. The van der Waals surface area contributed by atoms with Gasteiger partial charge in [-0.15, -0.1) is 0 Å². The summed E-state index contributed by atoms with van der Waals surface area (Å²) in [6, 6.07) is 0. The Morgan fingerprint density at radius 1 is 1.35 bits per heavy atom. The van der Waals surface area contributed by atoms with Crippen LogP contribution in [0.5, 0.6) is 0 Å². The molecule has 1 heterocycles. The van der Waals surface area contributed by atoms with Gasteiger partial charge in [-0.1, -0.05) is 13.8 Å². The second-order valence-electron chi connectivity index (χ2n) is 6.64. The fourth-order valence-corrected chi connectivity index (χ4v) is 3.23. The number of likely N-dealkylation sites (tertiary alicyclic amines) is 1. The molecule has 0 spiro atoms. The highest BCUT2D eigenvalue weighted by Crippen LogP contribution is 2.36. The van der Waals surface area contributed by atoms with Crippen molar-refractivity contribution in [3.05, 3.63) is 0 Å². The maximum Gasteiger partial charge on any atom is 0.237 e. The van der Waals surface area contributed by atoms with Crippen LogP contribution in [0.15, 0.2) is 0 Å². The minimum Gasteiger partial charge on any atom is -0.368 e. The highest BCUT2D eigenvalue weighted by atomic mass is 16.1. The molecule has 0 aromatic heterocycles. The van der Waals surface area contributed by atoms with Gasteiger partial charge in [0.2, 0.25) is 5.91 Å². The van der Waals surface area contributed by atoms with Crippen LogP contribution in [0.2, 0.25) is 0 Å². The Morgan fingerprint density at radius 3 is 2.45 bits per heavy atom. The van der Waals surface area contributed by atoms with E-state index in [4.69, 9.17) is 5.73 Å². The average molecular weight is 283 g/mol. The predicted octanol–water partition coefficient (Wildman–Crippen LogP) is 2.13. The van der Waals surface area contributed by atoms with E-state index in [2.05, 4.69) is 24.1 Å². The van der Waals surface area contributed by atoms with E-state index in [1.807, 2.05) is 14.0 Å². The maximum atomic E-state index is 11.4. The molecule has 0 saturated carbocycles. The lowest BCUT2D eigenvalue weighted by Gasteiger charge is -2.27. The van der Waals surface area contributed by atoms with Crippen LogP contribution in [0.3, 0.4) is 0 Å². The van der Waals surface area contributed by atoms with Crippen LogP contribution in [-0.4, -0.2) is 43.0 Å². The van der Waals surface area contributed by atoms with Gasteiger partial charge in [0.25, 0.3) is 0 Å². The van der Waals surface area contributed by atoms with E-state index in [1.165, 1.54) is 32.4 Å². The topological polar surface area (TPSA) is 58.4 Å². The number of amides is 1. The molecule has 1 saturated heterocycles. The van der Waals surface area contributed by atoms with E-state index < -0.39 is 5.54 Å². The number of hydrogen-bond donors (Lipinski definition) is 2. The van der Waals surface area contributed by atoms with Gasteiger partial charge in [-0.3, -0.25) is 4.79 Å². The average Bonchev–Trinajstić information content (AvgIpc) is 2.87. The van der Waals surface area contributed by atoms with E-state index in [-0.39, 0.29) is 5.91 Å². The maximum absolute atomic E-state index is 11.4. The van der Waals surface area contributed by atoms with Gasteiger partial charge in [0.1, 0.15) is 0 Å². The van der Waals surface area contributed by atoms with E-state index in [0.29, 0.717) is 5.41 Å². The van der Waals surface area contributed by atoms with Crippen LogP contribution in [0, 0.1) is 5.41 Å². The first-order valence-electron chi connectivity index (χ1n) is 8.12. The molecular weight excluding hydrogens is 250 g/mol. The van der Waals surface area contributed by atoms with Crippen LogP contribution < -0.4 is 11.1 Å². The number of nitrogens with two attached hydrogens (primary N) is 1. The SMILES string of the molecule is CCC1(CC)CCN(CCCCC(C)(NC)C(N)=O)C1. The highest BCUT2D eigenvalue weighted by molar-refractivity contribution is 5.84. The molecule has 1 aliphatic heterocycles. The smallest absolute Gasteiger partial charge is 0.237 e. The number of likely N-dealkylation sites (N-methyl/N-ethyl adjacent to an activating group) is 1. The van der Waals surface area contributed by atoms with Gasteiger partial charge in [0.05, 0.1) is 5.54 Å². The first kappa shape index (κ1) is 17.4. The van der Waals surface area contributed by atoms with Gasteiger partial charge >= 0.3 is 0 Å². The van der Waals surface area contributed by atoms with E-state index >= 15 is 0 Å². The summed E-state index contributed by atoms with van der Waals surface area (Å²) in [6.07, 6.45) is 6.93. The van der Waals surface area contributed by atoms with Gasteiger partial charge in [-0.25, -0.2) is 0 Å². The fourth-order valence-electron chi connectivity index (χ4n) is 3.23.